The minimum absolute atomic E-state index is 0.249. The number of nitrogens with one attached hydrogen (secondary N) is 1. The summed E-state index contributed by atoms with van der Waals surface area (Å²) in [7, 11) is 1.37. The largest absolute Gasteiger partial charge is 0.469 e. The number of nitrogens with zero attached hydrogens (tertiary/aromatic N) is 3. The smallest absolute Gasteiger partial charge is 0.322 e. The summed E-state index contributed by atoms with van der Waals surface area (Å²) in [6.45, 7) is 5.20. The minimum Gasteiger partial charge on any atom is -0.469 e. The van der Waals surface area contributed by atoms with Crippen molar-refractivity contribution in [3.8, 4) is 6.01 Å². The van der Waals surface area contributed by atoms with E-state index >= 15 is 0 Å². The zero-order valence-electron chi connectivity index (χ0n) is 12.0. The van der Waals surface area contributed by atoms with E-state index < -0.39 is 0 Å². The summed E-state index contributed by atoms with van der Waals surface area (Å²) < 4.78 is 9.89. The van der Waals surface area contributed by atoms with Crippen LogP contribution in [0.3, 0.4) is 0 Å². The summed E-state index contributed by atoms with van der Waals surface area (Å²) in [6, 6.07) is 0.293. The van der Waals surface area contributed by atoms with Gasteiger partial charge >= 0.3 is 12.0 Å². The molecule has 20 heavy (non-hydrogen) atoms. The van der Waals surface area contributed by atoms with Crippen LogP contribution in [-0.4, -0.2) is 46.9 Å². The van der Waals surface area contributed by atoms with Gasteiger partial charge in [0.25, 0.3) is 0 Å². The first-order valence-corrected chi connectivity index (χ1v) is 7.50. The van der Waals surface area contributed by atoms with Gasteiger partial charge in [0.1, 0.15) is 0 Å². The summed E-state index contributed by atoms with van der Waals surface area (Å²) in [5, 5.41) is 3.63. The van der Waals surface area contributed by atoms with E-state index in [-0.39, 0.29) is 5.97 Å². The number of methoxy groups -OCH3 is 1. The van der Waals surface area contributed by atoms with Crippen LogP contribution < -0.4 is 10.1 Å². The van der Waals surface area contributed by atoms with E-state index in [9.17, 15) is 4.79 Å². The van der Waals surface area contributed by atoms with E-state index in [2.05, 4.69) is 31.9 Å². The van der Waals surface area contributed by atoms with Gasteiger partial charge in [0.2, 0.25) is 5.95 Å². The number of rotatable bonds is 9. The molecule has 0 saturated heterocycles. The molecule has 1 heterocycles. The second-order valence-corrected chi connectivity index (χ2v) is 4.82. The summed E-state index contributed by atoms with van der Waals surface area (Å²) in [5.41, 5.74) is 0. The SMILES string of the molecule is CCCNc1nc(OCC)nc(SCCC(=O)OC)n1. The van der Waals surface area contributed by atoms with Crippen molar-refractivity contribution in [3.05, 3.63) is 0 Å². The van der Waals surface area contributed by atoms with Crippen molar-refractivity contribution in [3.63, 3.8) is 0 Å². The highest BCUT2D eigenvalue weighted by atomic mass is 32.2. The molecule has 0 saturated carbocycles. The molecule has 0 unspecified atom stereocenters. The Labute approximate surface area is 122 Å². The molecule has 0 atom stereocenters. The number of carbonyl (C=O) groups is 1. The zero-order valence-corrected chi connectivity index (χ0v) is 12.8. The average Bonchev–Trinajstić information content (AvgIpc) is 2.45. The van der Waals surface area contributed by atoms with Crippen molar-refractivity contribution in [2.75, 3.05) is 31.3 Å². The van der Waals surface area contributed by atoms with E-state index in [1.807, 2.05) is 6.92 Å². The number of thioether (sulfide) groups is 1. The fourth-order valence-electron chi connectivity index (χ4n) is 1.24. The molecule has 7 nitrogen and oxygen atoms in total. The molecule has 112 valence electrons. The molecule has 1 aromatic heterocycles. The van der Waals surface area contributed by atoms with Gasteiger partial charge in [0, 0.05) is 12.3 Å². The second kappa shape index (κ2) is 9.35. The summed E-state index contributed by atoms with van der Waals surface area (Å²) in [4.78, 5) is 23.7. The van der Waals surface area contributed by atoms with E-state index in [1.165, 1.54) is 18.9 Å². The maximum absolute atomic E-state index is 11.1. The van der Waals surface area contributed by atoms with Crippen LogP contribution in [0.1, 0.15) is 26.7 Å². The lowest BCUT2D eigenvalue weighted by Crippen LogP contribution is -2.09. The van der Waals surface area contributed by atoms with Crippen molar-refractivity contribution in [2.45, 2.75) is 31.8 Å². The lowest BCUT2D eigenvalue weighted by Gasteiger charge is -2.07. The Morgan fingerprint density at radius 1 is 1.30 bits per heavy atom. The van der Waals surface area contributed by atoms with Crippen molar-refractivity contribution in [1.82, 2.24) is 15.0 Å². The molecule has 8 heteroatoms. The number of anilines is 1. The van der Waals surface area contributed by atoms with Gasteiger partial charge in [-0.05, 0) is 13.3 Å². The zero-order chi connectivity index (χ0) is 14.8. The molecule has 0 aliphatic carbocycles. The van der Waals surface area contributed by atoms with Gasteiger partial charge in [-0.2, -0.15) is 15.0 Å². The molecular weight excluding hydrogens is 280 g/mol. The van der Waals surface area contributed by atoms with Crippen LogP contribution in [0.2, 0.25) is 0 Å². The maximum atomic E-state index is 11.1. The van der Waals surface area contributed by atoms with E-state index in [4.69, 9.17) is 4.74 Å². The predicted octanol–water partition coefficient (Wildman–Crippen LogP) is 1.75. The standard InChI is InChI=1S/C12H20N4O3S/c1-4-7-13-10-14-11(19-5-2)16-12(15-10)20-8-6-9(17)18-3/h4-8H2,1-3H3,(H,13,14,15,16). The maximum Gasteiger partial charge on any atom is 0.322 e. The normalized spacial score (nSPS) is 10.2. The Kier molecular flexibility index (Phi) is 7.71. The Bertz CT molecular complexity index is 431. The first-order valence-electron chi connectivity index (χ1n) is 6.52. The summed E-state index contributed by atoms with van der Waals surface area (Å²) >= 11 is 1.37. The fourth-order valence-corrected chi connectivity index (χ4v) is 1.98. The molecule has 0 bridgehead atoms. The molecule has 0 amide bonds. The van der Waals surface area contributed by atoms with Gasteiger partial charge < -0.3 is 14.8 Å². The first-order chi connectivity index (χ1) is 9.69. The van der Waals surface area contributed by atoms with E-state index in [1.54, 1.807) is 0 Å². The Balaban J connectivity index is 2.66. The van der Waals surface area contributed by atoms with Crippen molar-refractivity contribution in [2.24, 2.45) is 0 Å². The molecule has 0 aliphatic heterocycles. The third kappa shape index (κ3) is 6.05. The predicted molar refractivity (Wildman–Crippen MR) is 77.1 cm³/mol. The third-order valence-electron chi connectivity index (χ3n) is 2.17. The first kappa shape index (κ1) is 16.5. The monoisotopic (exact) mass is 300 g/mol. The molecule has 0 aromatic carbocycles. The molecule has 1 aromatic rings. The van der Waals surface area contributed by atoms with Crippen LogP contribution in [0.25, 0.3) is 0 Å². The summed E-state index contributed by atoms with van der Waals surface area (Å²) in [5.74, 6) is 0.793. The van der Waals surface area contributed by atoms with Gasteiger partial charge in [-0.1, -0.05) is 18.7 Å². The van der Waals surface area contributed by atoms with E-state index in [0.717, 1.165) is 13.0 Å². The van der Waals surface area contributed by atoms with Gasteiger partial charge in [0.15, 0.2) is 5.16 Å². The minimum atomic E-state index is -0.249. The fraction of sp³-hybridized carbons (Fsp3) is 0.667. The molecule has 0 aliphatic rings. The van der Waals surface area contributed by atoms with Crippen LogP contribution in [0.15, 0.2) is 5.16 Å². The molecule has 0 spiro atoms. The number of hydrogen-bond donors (Lipinski definition) is 1. The van der Waals surface area contributed by atoms with Gasteiger partial charge in [-0.3, -0.25) is 4.79 Å². The summed E-state index contributed by atoms with van der Waals surface area (Å²) in [6.07, 6.45) is 1.29. The molecule has 0 radical (unpaired) electrons. The highest BCUT2D eigenvalue weighted by molar-refractivity contribution is 7.99. The van der Waals surface area contributed by atoms with Crippen molar-refractivity contribution >= 4 is 23.7 Å². The van der Waals surface area contributed by atoms with Crippen LogP contribution in [-0.2, 0) is 9.53 Å². The lowest BCUT2D eigenvalue weighted by atomic mass is 10.5. The molecule has 1 rings (SSSR count). The van der Waals surface area contributed by atoms with Crippen LogP contribution in [0, 0.1) is 0 Å². The van der Waals surface area contributed by atoms with Gasteiger partial charge in [-0.15, -0.1) is 0 Å². The highest BCUT2D eigenvalue weighted by Gasteiger charge is 2.09. The molecule has 1 N–H and O–H groups in total. The van der Waals surface area contributed by atoms with Crippen molar-refractivity contribution < 1.29 is 14.3 Å². The Morgan fingerprint density at radius 3 is 2.75 bits per heavy atom. The van der Waals surface area contributed by atoms with Crippen LogP contribution in [0.5, 0.6) is 6.01 Å². The number of aromatic nitrogens is 3. The number of hydrogen-bond acceptors (Lipinski definition) is 8. The van der Waals surface area contributed by atoms with Gasteiger partial charge in [0.05, 0.1) is 20.1 Å². The average molecular weight is 300 g/mol. The van der Waals surface area contributed by atoms with Crippen LogP contribution in [0.4, 0.5) is 5.95 Å². The highest BCUT2D eigenvalue weighted by Crippen LogP contribution is 2.18. The number of esters is 1. The van der Waals surface area contributed by atoms with Crippen molar-refractivity contribution in [1.29, 1.82) is 0 Å². The Morgan fingerprint density at radius 2 is 2.10 bits per heavy atom. The molecular formula is C12H20N4O3S. The number of ether oxygens (including phenoxy) is 2. The van der Waals surface area contributed by atoms with E-state index in [0.29, 0.717) is 35.9 Å². The lowest BCUT2D eigenvalue weighted by molar-refractivity contribution is -0.140. The number of carbonyl (C=O) groups excluding carboxylic acids is 1. The topological polar surface area (TPSA) is 86.2 Å². The van der Waals surface area contributed by atoms with Crippen LogP contribution >= 0.6 is 11.8 Å². The van der Waals surface area contributed by atoms with Gasteiger partial charge in [-0.25, -0.2) is 0 Å². The quantitative estimate of drug-likeness (QED) is 0.545. The Hall–Kier alpha value is -1.57. The molecule has 0 fully saturated rings. The third-order valence-corrected chi connectivity index (χ3v) is 3.01. The second-order valence-electron chi connectivity index (χ2n) is 3.76.